The average Bonchev–Trinajstić information content (AvgIpc) is 2.90. The number of carbonyl (C=O) groups excluding carboxylic acids is 1. The number of nitrogens with one attached hydrogen (secondary N) is 1. The summed E-state index contributed by atoms with van der Waals surface area (Å²) in [6, 6.07) is 11.2. The van der Waals surface area contributed by atoms with Crippen LogP contribution in [0.3, 0.4) is 0 Å². The van der Waals surface area contributed by atoms with Gasteiger partial charge >= 0.3 is 11.1 Å². The van der Waals surface area contributed by atoms with E-state index < -0.39 is 11.1 Å². The topological polar surface area (TPSA) is 94.5 Å². The lowest BCUT2D eigenvalue weighted by molar-refractivity contribution is 0.0637. The zero-order valence-electron chi connectivity index (χ0n) is 20.2. The van der Waals surface area contributed by atoms with Gasteiger partial charge in [-0.3, -0.25) is 19.3 Å². The number of benzene rings is 1. The summed E-state index contributed by atoms with van der Waals surface area (Å²) < 4.78 is 1.44. The summed E-state index contributed by atoms with van der Waals surface area (Å²) in [6.07, 6.45) is 3.95. The van der Waals surface area contributed by atoms with Crippen LogP contribution in [0.15, 0.2) is 52.2 Å². The number of anilines is 1. The molecule has 9 heteroatoms. The van der Waals surface area contributed by atoms with Gasteiger partial charge in [0.2, 0.25) is 0 Å². The van der Waals surface area contributed by atoms with Crippen LogP contribution in [0.5, 0.6) is 0 Å². The van der Waals surface area contributed by atoms with Crippen LogP contribution < -0.4 is 16.0 Å². The summed E-state index contributed by atoms with van der Waals surface area (Å²) in [5.41, 5.74) is 0.458. The van der Waals surface area contributed by atoms with Crippen molar-refractivity contribution in [2.75, 3.05) is 50.7 Å². The fourth-order valence-electron chi connectivity index (χ4n) is 5.37. The first-order chi connectivity index (χ1) is 17.0. The summed E-state index contributed by atoms with van der Waals surface area (Å²) in [7, 11) is 0. The van der Waals surface area contributed by atoms with Crippen LogP contribution in [-0.4, -0.2) is 76.1 Å². The second-order valence-corrected chi connectivity index (χ2v) is 9.47. The smallest absolute Gasteiger partial charge is 0.316 e. The number of piperazine rings is 1. The lowest BCUT2D eigenvalue weighted by Crippen LogP contribution is -2.50. The number of pyridine rings is 1. The Labute approximate surface area is 204 Å². The Bertz CT molecular complexity index is 1310. The number of rotatable bonds is 5. The lowest BCUT2D eigenvalue weighted by Gasteiger charge is -2.39. The number of hydrogen-bond acceptors (Lipinski definition) is 6. The second kappa shape index (κ2) is 10.0. The van der Waals surface area contributed by atoms with Gasteiger partial charge in [0.15, 0.2) is 0 Å². The number of carbonyl (C=O) groups is 1. The zero-order chi connectivity index (χ0) is 24.4. The molecule has 0 radical (unpaired) electrons. The highest BCUT2D eigenvalue weighted by atomic mass is 16.2. The van der Waals surface area contributed by atoms with Crippen LogP contribution in [-0.2, 0) is 6.54 Å². The summed E-state index contributed by atoms with van der Waals surface area (Å²) in [6.45, 7) is 8.62. The first-order valence-electron chi connectivity index (χ1n) is 12.5. The molecule has 5 rings (SSSR count). The summed E-state index contributed by atoms with van der Waals surface area (Å²) in [5.74, 6) is 1.46. The molecule has 0 spiro atoms. The first kappa shape index (κ1) is 23.3. The van der Waals surface area contributed by atoms with E-state index in [1.165, 1.54) is 4.57 Å². The standard InChI is InChI=1S/C26H32N6O3/c1-2-32-22-9-8-20(16-21(22)28-24(33)26(32)35)25(34)31-11-5-6-19(18-31)17-29-12-14-30(15-13-29)23-7-3-4-10-27-23/h3-4,7-10,16,19H,2,5-6,11-15,17-18H2,1H3,(H,28,33). The number of hydrogen-bond donors (Lipinski definition) is 1. The van der Waals surface area contributed by atoms with Crippen molar-refractivity contribution in [3.8, 4) is 0 Å². The van der Waals surface area contributed by atoms with E-state index in [4.69, 9.17) is 0 Å². The Morgan fingerprint density at radius 3 is 2.66 bits per heavy atom. The predicted octanol–water partition coefficient (Wildman–Crippen LogP) is 1.78. The van der Waals surface area contributed by atoms with Gasteiger partial charge in [0.25, 0.3) is 5.91 Å². The molecule has 2 aromatic heterocycles. The van der Waals surface area contributed by atoms with Gasteiger partial charge in [0, 0.05) is 64.1 Å². The van der Waals surface area contributed by atoms with Gasteiger partial charge in [0.05, 0.1) is 11.0 Å². The third-order valence-electron chi connectivity index (χ3n) is 7.21. The highest BCUT2D eigenvalue weighted by molar-refractivity contribution is 5.97. The van der Waals surface area contributed by atoms with E-state index in [0.29, 0.717) is 29.1 Å². The molecule has 9 nitrogen and oxygen atoms in total. The fourth-order valence-corrected chi connectivity index (χ4v) is 5.37. The molecule has 1 aromatic carbocycles. The van der Waals surface area contributed by atoms with E-state index in [1.807, 2.05) is 30.2 Å². The lowest BCUT2D eigenvalue weighted by atomic mass is 9.96. The number of nitrogens with zero attached hydrogens (tertiary/aromatic N) is 5. The number of aryl methyl sites for hydroxylation is 1. The molecule has 0 aliphatic carbocycles. The van der Waals surface area contributed by atoms with Crippen molar-refractivity contribution in [3.63, 3.8) is 0 Å². The van der Waals surface area contributed by atoms with Crippen molar-refractivity contribution >= 4 is 22.8 Å². The maximum Gasteiger partial charge on any atom is 0.316 e. The molecule has 1 N–H and O–H groups in total. The Morgan fingerprint density at radius 1 is 1.09 bits per heavy atom. The zero-order valence-corrected chi connectivity index (χ0v) is 20.2. The molecular formula is C26H32N6O3. The molecule has 2 aliphatic rings. The Balaban J connectivity index is 1.22. The highest BCUT2D eigenvalue weighted by Gasteiger charge is 2.27. The van der Waals surface area contributed by atoms with E-state index in [-0.39, 0.29) is 5.91 Å². The molecule has 184 valence electrons. The normalized spacial score (nSPS) is 19.3. The molecule has 0 bridgehead atoms. The van der Waals surface area contributed by atoms with Gasteiger partial charge in [-0.15, -0.1) is 0 Å². The summed E-state index contributed by atoms with van der Waals surface area (Å²) in [4.78, 5) is 51.3. The predicted molar refractivity (Wildman–Crippen MR) is 136 cm³/mol. The third kappa shape index (κ3) is 4.86. The quantitative estimate of drug-likeness (QED) is 0.564. The number of amides is 1. The van der Waals surface area contributed by atoms with E-state index in [2.05, 4.69) is 25.8 Å². The molecule has 2 saturated heterocycles. The molecule has 2 fully saturated rings. The number of piperidine rings is 1. The Hall–Kier alpha value is -3.46. The van der Waals surface area contributed by atoms with Crippen LogP contribution >= 0.6 is 0 Å². The van der Waals surface area contributed by atoms with Gasteiger partial charge in [-0.2, -0.15) is 0 Å². The van der Waals surface area contributed by atoms with Crippen molar-refractivity contribution in [1.29, 1.82) is 0 Å². The number of aromatic amines is 1. The monoisotopic (exact) mass is 476 g/mol. The highest BCUT2D eigenvalue weighted by Crippen LogP contribution is 2.22. The fraction of sp³-hybridized carbons (Fsp3) is 0.462. The SMILES string of the molecule is CCn1c(=O)c(=O)[nH]c2cc(C(=O)N3CCCC(CN4CCN(c5ccccn5)CC4)C3)ccc21. The van der Waals surface area contributed by atoms with Crippen LogP contribution in [0.25, 0.3) is 11.0 Å². The third-order valence-corrected chi connectivity index (χ3v) is 7.21. The van der Waals surface area contributed by atoms with Crippen LogP contribution in [0.1, 0.15) is 30.1 Å². The van der Waals surface area contributed by atoms with Crippen molar-refractivity contribution in [3.05, 3.63) is 68.9 Å². The molecule has 3 aromatic rings. The minimum Gasteiger partial charge on any atom is -0.354 e. The number of H-pyrrole nitrogens is 1. The van der Waals surface area contributed by atoms with E-state index in [9.17, 15) is 14.4 Å². The molecule has 1 amide bonds. The van der Waals surface area contributed by atoms with E-state index >= 15 is 0 Å². The van der Waals surface area contributed by atoms with Gasteiger partial charge < -0.3 is 19.4 Å². The van der Waals surface area contributed by atoms with Gasteiger partial charge in [-0.1, -0.05) is 6.07 Å². The molecule has 1 atom stereocenters. The number of aromatic nitrogens is 3. The maximum atomic E-state index is 13.3. The maximum absolute atomic E-state index is 13.3. The van der Waals surface area contributed by atoms with E-state index in [1.54, 1.807) is 18.2 Å². The second-order valence-electron chi connectivity index (χ2n) is 9.47. The van der Waals surface area contributed by atoms with Crippen LogP contribution in [0, 0.1) is 5.92 Å². The Morgan fingerprint density at radius 2 is 1.91 bits per heavy atom. The van der Waals surface area contributed by atoms with Crippen molar-refractivity contribution in [1.82, 2.24) is 24.3 Å². The van der Waals surface area contributed by atoms with Crippen LogP contribution in [0.4, 0.5) is 5.82 Å². The van der Waals surface area contributed by atoms with Gasteiger partial charge in [0.1, 0.15) is 5.82 Å². The first-order valence-corrected chi connectivity index (χ1v) is 12.5. The van der Waals surface area contributed by atoms with Gasteiger partial charge in [-0.05, 0) is 56.0 Å². The van der Waals surface area contributed by atoms with Crippen molar-refractivity contribution in [2.45, 2.75) is 26.3 Å². The molecule has 2 aliphatic heterocycles. The number of fused-ring (bicyclic) bond motifs is 1. The largest absolute Gasteiger partial charge is 0.354 e. The van der Waals surface area contributed by atoms with Crippen molar-refractivity contribution in [2.24, 2.45) is 5.92 Å². The van der Waals surface area contributed by atoms with E-state index in [0.717, 1.165) is 64.5 Å². The molecule has 35 heavy (non-hydrogen) atoms. The average molecular weight is 477 g/mol. The van der Waals surface area contributed by atoms with Crippen molar-refractivity contribution < 1.29 is 4.79 Å². The summed E-state index contributed by atoms with van der Waals surface area (Å²) >= 11 is 0. The molecule has 4 heterocycles. The minimum atomic E-state index is -0.662. The Kier molecular flexibility index (Phi) is 6.68. The minimum absolute atomic E-state index is 0.0216. The molecule has 1 unspecified atom stereocenters. The number of likely N-dealkylation sites (tertiary alicyclic amines) is 1. The molecule has 0 saturated carbocycles. The van der Waals surface area contributed by atoms with Gasteiger partial charge in [-0.25, -0.2) is 4.98 Å². The molecular weight excluding hydrogens is 444 g/mol. The van der Waals surface area contributed by atoms with Crippen LogP contribution in [0.2, 0.25) is 0 Å². The summed E-state index contributed by atoms with van der Waals surface area (Å²) in [5, 5.41) is 0.